The van der Waals surface area contributed by atoms with Crippen LogP contribution in [0.15, 0.2) is 0 Å². The molecule has 142 valence electrons. The van der Waals surface area contributed by atoms with Crippen LogP contribution in [-0.2, 0) is 23.9 Å². The van der Waals surface area contributed by atoms with Gasteiger partial charge in [-0.25, -0.2) is 4.79 Å². The lowest BCUT2D eigenvalue weighted by molar-refractivity contribution is -0.132. The number of primary amides is 2. The molecule has 0 rings (SSSR count). The van der Waals surface area contributed by atoms with Crippen molar-refractivity contribution in [2.75, 3.05) is 20.2 Å². The number of hydrogen-bond donors (Lipinski definition) is 4. The third kappa shape index (κ3) is 7.06. The topological polar surface area (TPSA) is 174 Å². The first kappa shape index (κ1) is 22.1. The maximum atomic E-state index is 12.0. The Labute approximate surface area is 145 Å². The lowest BCUT2D eigenvalue weighted by Gasteiger charge is -2.27. The molecule has 25 heavy (non-hydrogen) atoms. The minimum Gasteiger partial charge on any atom is -0.453 e. The summed E-state index contributed by atoms with van der Waals surface area (Å²) in [6.45, 7) is 4.42. The molecule has 11 heteroatoms. The number of rotatable bonds is 8. The maximum Gasteiger partial charge on any atom is 0.410 e. The Bertz CT molecular complexity index is 530. The van der Waals surface area contributed by atoms with Crippen molar-refractivity contribution in [1.82, 2.24) is 15.5 Å². The van der Waals surface area contributed by atoms with Crippen LogP contribution in [0.3, 0.4) is 0 Å². The molecular formula is C14H25N5O6. The first-order chi connectivity index (χ1) is 11.2. The van der Waals surface area contributed by atoms with E-state index in [1.165, 1.54) is 27.7 Å². The van der Waals surface area contributed by atoms with Crippen LogP contribution >= 0.6 is 0 Å². The molecule has 0 radical (unpaired) electrons. The predicted molar refractivity (Wildman–Crippen MR) is 86.8 cm³/mol. The average molecular weight is 359 g/mol. The van der Waals surface area contributed by atoms with Crippen LogP contribution in [0, 0.1) is 0 Å². The second-order valence-corrected chi connectivity index (χ2v) is 6.40. The number of nitrogens with zero attached hydrogens (tertiary/aromatic N) is 1. The molecule has 0 heterocycles. The maximum absolute atomic E-state index is 12.0. The molecule has 6 N–H and O–H groups in total. The third-order valence-corrected chi connectivity index (χ3v) is 3.24. The second kappa shape index (κ2) is 8.31. The lowest BCUT2D eigenvalue weighted by Crippen LogP contribution is -2.58. The second-order valence-electron chi connectivity index (χ2n) is 6.40. The van der Waals surface area contributed by atoms with Gasteiger partial charge in [0.1, 0.15) is 24.2 Å². The molecule has 0 atom stereocenters. The largest absolute Gasteiger partial charge is 0.453 e. The van der Waals surface area contributed by atoms with E-state index in [1.54, 1.807) is 0 Å². The Morgan fingerprint density at radius 1 is 0.840 bits per heavy atom. The Hall–Kier alpha value is -2.85. The van der Waals surface area contributed by atoms with E-state index in [9.17, 15) is 24.0 Å². The van der Waals surface area contributed by atoms with Gasteiger partial charge in [0.25, 0.3) is 0 Å². The van der Waals surface area contributed by atoms with Crippen LogP contribution in [0.2, 0.25) is 0 Å². The highest BCUT2D eigenvalue weighted by Crippen LogP contribution is 2.03. The quantitative estimate of drug-likeness (QED) is 0.383. The average Bonchev–Trinajstić information content (AvgIpc) is 2.43. The Morgan fingerprint density at radius 3 is 1.40 bits per heavy atom. The normalized spacial score (nSPS) is 11.2. The standard InChI is InChI=1S/C14H25N5O6/c1-13(2,10(15)22)17-8(20)6-19(12(24)25-5)7-9(21)18-14(3,4)11(16)23/h6-7H2,1-5H3,(H2,15,22)(H2,16,23)(H,17,20)(H,18,21). The van der Waals surface area contributed by atoms with Gasteiger partial charge < -0.3 is 26.8 Å². The fourth-order valence-electron chi connectivity index (χ4n) is 1.56. The van der Waals surface area contributed by atoms with Crippen LogP contribution in [0.1, 0.15) is 27.7 Å². The Kier molecular flexibility index (Phi) is 7.36. The number of methoxy groups -OCH3 is 1. The van der Waals surface area contributed by atoms with Gasteiger partial charge >= 0.3 is 6.09 Å². The van der Waals surface area contributed by atoms with Gasteiger partial charge in [-0.2, -0.15) is 0 Å². The SMILES string of the molecule is COC(=O)N(CC(=O)NC(C)(C)C(N)=O)CC(=O)NC(C)(C)C(N)=O. The lowest BCUT2D eigenvalue weighted by atomic mass is 10.1. The Balaban J connectivity index is 5.01. The molecule has 5 amide bonds. The first-order valence-corrected chi connectivity index (χ1v) is 7.27. The van der Waals surface area contributed by atoms with Gasteiger partial charge in [0.15, 0.2) is 0 Å². The van der Waals surface area contributed by atoms with Crippen molar-refractivity contribution in [3.05, 3.63) is 0 Å². The molecule has 0 aliphatic carbocycles. The van der Waals surface area contributed by atoms with Crippen LogP contribution in [-0.4, -0.2) is 65.9 Å². The van der Waals surface area contributed by atoms with Crippen LogP contribution in [0.4, 0.5) is 4.79 Å². The van der Waals surface area contributed by atoms with E-state index in [0.717, 1.165) is 12.0 Å². The van der Waals surface area contributed by atoms with E-state index in [2.05, 4.69) is 15.4 Å². The monoisotopic (exact) mass is 359 g/mol. The molecule has 0 aliphatic rings. The number of nitrogens with two attached hydrogens (primary N) is 2. The molecule has 0 aromatic carbocycles. The summed E-state index contributed by atoms with van der Waals surface area (Å²) in [7, 11) is 1.08. The Morgan fingerprint density at radius 2 is 1.16 bits per heavy atom. The van der Waals surface area contributed by atoms with Crippen molar-refractivity contribution in [2.45, 2.75) is 38.8 Å². The fraction of sp³-hybridized carbons (Fsp3) is 0.643. The number of amides is 5. The highest BCUT2D eigenvalue weighted by molar-refractivity contribution is 5.93. The highest BCUT2D eigenvalue weighted by atomic mass is 16.5. The molecular weight excluding hydrogens is 334 g/mol. The highest BCUT2D eigenvalue weighted by Gasteiger charge is 2.31. The van der Waals surface area contributed by atoms with Gasteiger partial charge in [-0.15, -0.1) is 0 Å². The molecule has 0 spiro atoms. The molecule has 0 aromatic heterocycles. The van der Waals surface area contributed by atoms with Crippen LogP contribution in [0.25, 0.3) is 0 Å². The zero-order valence-electron chi connectivity index (χ0n) is 15.0. The number of ether oxygens (including phenoxy) is 1. The summed E-state index contributed by atoms with van der Waals surface area (Å²) in [5, 5.41) is 4.67. The van der Waals surface area contributed by atoms with Crippen molar-refractivity contribution in [1.29, 1.82) is 0 Å². The minimum atomic E-state index is -1.34. The van der Waals surface area contributed by atoms with E-state index in [1.807, 2.05) is 0 Å². The van der Waals surface area contributed by atoms with Gasteiger partial charge in [-0.05, 0) is 27.7 Å². The summed E-state index contributed by atoms with van der Waals surface area (Å²) < 4.78 is 4.51. The van der Waals surface area contributed by atoms with Crippen molar-refractivity contribution >= 4 is 29.7 Å². The van der Waals surface area contributed by atoms with Crippen molar-refractivity contribution in [3.63, 3.8) is 0 Å². The zero-order valence-corrected chi connectivity index (χ0v) is 15.0. The summed E-state index contributed by atoms with van der Waals surface area (Å²) in [4.78, 5) is 59.0. The summed E-state index contributed by atoms with van der Waals surface area (Å²) in [6, 6.07) is 0. The van der Waals surface area contributed by atoms with Gasteiger partial charge in [0.05, 0.1) is 7.11 Å². The molecule has 0 unspecified atom stereocenters. The molecule has 0 saturated carbocycles. The van der Waals surface area contributed by atoms with Gasteiger partial charge in [0, 0.05) is 0 Å². The van der Waals surface area contributed by atoms with Crippen LogP contribution in [0.5, 0.6) is 0 Å². The zero-order chi connectivity index (χ0) is 20.0. The van der Waals surface area contributed by atoms with Crippen molar-refractivity contribution < 1.29 is 28.7 Å². The summed E-state index contributed by atoms with van der Waals surface area (Å²) in [5.41, 5.74) is 7.62. The molecule has 11 nitrogen and oxygen atoms in total. The number of carbonyl (C=O) groups excluding carboxylic acids is 5. The molecule has 0 aliphatic heterocycles. The minimum absolute atomic E-state index is 0.562. The van der Waals surface area contributed by atoms with Gasteiger partial charge in [-0.1, -0.05) is 0 Å². The summed E-state index contributed by atoms with van der Waals surface area (Å²) in [5.74, 6) is -3.00. The van der Waals surface area contributed by atoms with Crippen molar-refractivity contribution in [3.8, 4) is 0 Å². The van der Waals surface area contributed by atoms with E-state index in [-0.39, 0.29) is 0 Å². The van der Waals surface area contributed by atoms with E-state index < -0.39 is 53.9 Å². The summed E-state index contributed by atoms with van der Waals surface area (Å²) >= 11 is 0. The summed E-state index contributed by atoms with van der Waals surface area (Å²) in [6.07, 6.45) is -0.945. The van der Waals surface area contributed by atoms with Gasteiger partial charge in [-0.3, -0.25) is 24.1 Å². The van der Waals surface area contributed by atoms with Gasteiger partial charge in [0.2, 0.25) is 23.6 Å². The molecule has 0 aromatic rings. The number of carbonyl (C=O) groups is 5. The fourth-order valence-corrected chi connectivity index (χ4v) is 1.56. The third-order valence-electron chi connectivity index (χ3n) is 3.24. The predicted octanol–water partition coefficient (Wildman–Crippen LogP) is -2.18. The van der Waals surface area contributed by atoms with E-state index in [0.29, 0.717) is 0 Å². The smallest absolute Gasteiger partial charge is 0.410 e. The van der Waals surface area contributed by atoms with E-state index >= 15 is 0 Å². The number of nitrogens with one attached hydrogen (secondary N) is 2. The molecule has 0 fully saturated rings. The van der Waals surface area contributed by atoms with E-state index in [4.69, 9.17) is 11.5 Å². The number of hydrogen-bond acceptors (Lipinski definition) is 6. The molecule has 0 bridgehead atoms. The molecule has 0 saturated heterocycles. The first-order valence-electron chi connectivity index (χ1n) is 7.27. The van der Waals surface area contributed by atoms with Crippen LogP contribution < -0.4 is 22.1 Å². The van der Waals surface area contributed by atoms with Crippen molar-refractivity contribution in [2.24, 2.45) is 11.5 Å².